The molecule has 2 heterocycles. The zero-order chi connectivity index (χ0) is 13.8. The summed E-state index contributed by atoms with van der Waals surface area (Å²) in [5.41, 5.74) is 2.56. The van der Waals surface area contributed by atoms with E-state index in [0.29, 0.717) is 24.4 Å². The molecule has 3 rings (SSSR count). The van der Waals surface area contributed by atoms with E-state index in [-0.39, 0.29) is 6.61 Å². The van der Waals surface area contributed by atoms with Crippen LogP contribution in [-0.4, -0.2) is 21.9 Å². The molecule has 0 unspecified atom stereocenters. The molecule has 0 spiro atoms. The number of rotatable bonds is 5. The molecule has 2 aromatic heterocycles. The Hall–Kier alpha value is -2.40. The van der Waals surface area contributed by atoms with Crippen LogP contribution in [0.15, 0.2) is 47.0 Å². The molecule has 5 nitrogen and oxygen atoms in total. The molecule has 2 N–H and O–H groups in total. The highest BCUT2D eigenvalue weighted by Crippen LogP contribution is 2.24. The van der Waals surface area contributed by atoms with Crippen molar-refractivity contribution in [2.45, 2.75) is 13.0 Å². The molecule has 3 aromatic rings. The Balaban J connectivity index is 1.83. The summed E-state index contributed by atoms with van der Waals surface area (Å²) in [5.74, 6) is 0.714. The van der Waals surface area contributed by atoms with Crippen molar-refractivity contribution in [3.63, 3.8) is 0 Å². The van der Waals surface area contributed by atoms with Crippen molar-refractivity contribution in [1.29, 1.82) is 0 Å². The topological polar surface area (TPSA) is 71.2 Å². The summed E-state index contributed by atoms with van der Waals surface area (Å²) in [6.45, 7) is 0.766. The first-order valence-electron chi connectivity index (χ1n) is 6.49. The number of aliphatic hydroxyl groups is 1. The lowest BCUT2D eigenvalue weighted by atomic mass is 10.2. The van der Waals surface area contributed by atoms with Crippen molar-refractivity contribution < 1.29 is 9.52 Å². The Morgan fingerprint density at radius 2 is 2.05 bits per heavy atom. The maximum absolute atomic E-state index is 8.95. The zero-order valence-electron chi connectivity index (χ0n) is 10.9. The van der Waals surface area contributed by atoms with Crippen molar-refractivity contribution in [3.8, 4) is 0 Å². The number of nitrogens with zero attached hydrogens (tertiary/aromatic N) is 2. The molecule has 0 atom stereocenters. The predicted octanol–water partition coefficient (Wildman–Crippen LogP) is 2.37. The van der Waals surface area contributed by atoms with Gasteiger partial charge in [0.05, 0.1) is 23.9 Å². The Kier molecular flexibility index (Phi) is 3.60. The fraction of sp³-hybridized carbons (Fsp3) is 0.200. The van der Waals surface area contributed by atoms with Crippen LogP contribution in [0.3, 0.4) is 0 Å². The van der Waals surface area contributed by atoms with Crippen LogP contribution >= 0.6 is 0 Å². The number of benzene rings is 1. The number of furan rings is 1. The molecule has 0 aliphatic heterocycles. The first-order valence-corrected chi connectivity index (χ1v) is 6.49. The average Bonchev–Trinajstić information content (AvgIpc) is 2.89. The van der Waals surface area contributed by atoms with E-state index in [1.165, 1.54) is 5.56 Å². The van der Waals surface area contributed by atoms with Gasteiger partial charge in [-0.25, -0.2) is 0 Å². The van der Waals surface area contributed by atoms with E-state index in [1.54, 1.807) is 6.20 Å². The quantitative estimate of drug-likeness (QED) is 0.744. The molecular formula is C15H15N3O2. The van der Waals surface area contributed by atoms with Gasteiger partial charge < -0.3 is 14.8 Å². The molecule has 5 heteroatoms. The fourth-order valence-electron chi connectivity index (χ4n) is 2.07. The SMILES string of the molecule is OCCc1cc2c(NCc3ccccc3)cnnc2o1. The molecule has 0 amide bonds. The van der Waals surface area contributed by atoms with E-state index < -0.39 is 0 Å². The van der Waals surface area contributed by atoms with E-state index in [9.17, 15) is 0 Å². The molecule has 0 fully saturated rings. The number of hydrogen-bond acceptors (Lipinski definition) is 5. The predicted molar refractivity (Wildman–Crippen MR) is 76.4 cm³/mol. The maximum Gasteiger partial charge on any atom is 0.248 e. The minimum Gasteiger partial charge on any atom is -0.441 e. The first-order chi connectivity index (χ1) is 9.86. The van der Waals surface area contributed by atoms with Crippen molar-refractivity contribution >= 4 is 16.8 Å². The van der Waals surface area contributed by atoms with Crippen LogP contribution in [-0.2, 0) is 13.0 Å². The lowest BCUT2D eigenvalue weighted by Gasteiger charge is -2.06. The summed E-state index contributed by atoms with van der Waals surface area (Å²) < 4.78 is 5.53. The van der Waals surface area contributed by atoms with Gasteiger partial charge >= 0.3 is 0 Å². The summed E-state index contributed by atoms with van der Waals surface area (Å²) in [6, 6.07) is 12.0. The minimum absolute atomic E-state index is 0.0556. The maximum atomic E-state index is 8.95. The number of fused-ring (bicyclic) bond motifs is 1. The smallest absolute Gasteiger partial charge is 0.248 e. The number of anilines is 1. The van der Waals surface area contributed by atoms with Crippen molar-refractivity contribution in [3.05, 3.63) is 53.9 Å². The van der Waals surface area contributed by atoms with Gasteiger partial charge in [-0.2, -0.15) is 5.10 Å². The molecule has 0 aliphatic rings. The van der Waals surface area contributed by atoms with Gasteiger partial charge in [0, 0.05) is 13.0 Å². The third-order valence-corrected chi connectivity index (χ3v) is 3.07. The minimum atomic E-state index is 0.0556. The number of hydrogen-bond donors (Lipinski definition) is 2. The second-order valence-electron chi connectivity index (χ2n) is 4.50. The second kappa shape index (κ2) is 5.71. The lowest BCUT2D eigenvalue weighted by Crippen LogP contribution is -2.00. The largest absolute Gasteiger partial charge is 0.441 e. The molecule has 0 aliphatic carbocycles. The van der Waals surface area contributed by atoms with Gasteiger partial charge in [0.2, 0.25) is 5.71 Å². The van der Waals surface area contributed by atoms with Gasteiger partial charge in [0.1, 0.15) is 5.76 Å². The number of aromatic nitrogens is 2. The molecule has 102 valence electrons. The molecule has 0 saturated heterocycles. The lowest BCUT2D eigenvalue weighted by molar-refractivity contribution is 0.289. The highest BCUT2D eigenvalue weighted by molar-refractivity contribution is 5.87. The Morgan fingerprint density at radius 1 is 1.20 bits per heavy atom. The van der Waals surface area contributed by atoms with E-state index in [0.717, 1.165) is 11.1 Å². The Labute approximate surface area is 116 Å². The van der Waals surface area contributed by atoms with Crippen molar-refractivity contribution in [1.82, 2.24) is 10.2 Å². The Bertz CT molecular complexity index is 695. The van der Waals surface area contributed by atoms with Crippen LogP contribution in [0.1, 0.15) is 11.3 Å². The van der Waals surface area contributed by atoms with Crippen LogP contribution < -0.4 is 5.32 Å². The molecule has 0 saturated carbocycles. The van der Waals surface area contributed by atoms with Gasteiger partial charge in [-0.1, -0.05) is 30.3 Å². The molecule has 1 aromatic carbocycles. The third-order valence-electron chi connectivity index (χ3n) is 3.07. The van der Waals surface area contributed by atoms with Gasteiger partial charge in [-0.15, -0.1) is 5.10 Å². The number of nitrogens with one attached hydrogen (secondary N) is 1. The third kappa shape index (κ3) is 2.62. The molecule has 0 bridgehead atoms. The fourth-order valence-corrected chi connectivity index (χ4v) is 2.07. The van der Waals surface area contributed by atoms with Crippen LogP contribution in [0.4, 0.5) is 5.69 Å². The summed E-state index contributed by atoms with van der Waals surface area (Å²) in [6.07, 6.45) is 2.16. The van der Waals surface area contributed by atoms with Crippen LogP contribution in [0.2, 0.25) is 0 Å². The average molecular weight is 269 g/mol. The van der Waals surface area contributed by atoms with E-state index in [2.05, 4.69) is 27.6 Å². The van der Waals surface area contributed by atoms with Gasteiger partial charge in [-0.3, -0.25) is 0 Å². The molecule has 0 radical (unpaired) electrons. The summed E-state index contributed by atoms with van der Waals surface area (Å²) in [4.78, 5) is 0. The highest BCUT2D eigenvalue weighted by Gasteiger charge is 2.09. The monoisotopic (exact) mass is 269 g/mol. The summed E-state index contributed by atoms with van der Waals surface area (Å²) in [7, 11) is 0. The van der Waals surface area contributed by atoms with Crippen molar-refractivity contribution in [2.75, 3.05) is 11.9 Å². The van der Waals surface area contributed by atoms with E-state index >= 15 is 0 Å². The molecule has 20 heavy (non-hydrogen) atoms. The normalized spacial score (nSPS) is 10.8. The molecular weight excluding hydrogens is 254 g/mol. The van der Waals surface area contributed by atoms with E-state index in [4.69, 9.17) is 9.52 Å². The van der Waals surface area contributed by atoms with Gasteiger partial charge in [0.15, 0.2) is 0 Å². The number of aliphatic hydroxyl groups excluding tert-OH is 1. The summed E-state index contributed by atoms with van der Waals surface area (Å²) >= 11 is 0. The van der Waals surface area contributed by atoms with E-state index in [1.807, 2.05) is 24.3 Å². The van der Waals surface area contributed by atoms with Crippen LogP contribution in [0.25, 0.3) is 11.1 Å². The van der Waals surface area contributed by atoms with Gasteiger partial charge in [-0.05, 0) is 11.6 Å². The second-order valence-corrected chi connectivity index (χ2v) is 4.50. The van der Waals surface area contributed by atoms with Crippen molar-refractivity contribution in [2.24, 2.45) is 0 Å². The first kappa shape index (κ1) is 12.6. The van der Waals surface area contributed by atoms with Crippen LogP contribution in [0, 0.1) is 0 Å². The zero-order valence-corrected chi connectivity index (χ0v) is 10.9. The Morgan fingerprint density at radius 3 is 2.85 bits per heavy atom. The highest BCUT2D eigenvalue weighted by atomic mass is 16.3. The van der Waals surface area contributed by atoms with Crippen LogP contribution in [0.5, 0.6) is 0 Å². The van der Waals surface area contributed by atoms with Gasteiger partial charge in [0.25, 0.3) is 0 Å². The standard InChI is InChI=1S/C15H15N3O2/c19-7-6-12-8-13-14(10-17-18-15(13)20-12)16-9-11-4-2-1-3-5-11/h1-5,8,10,19H,6-7,9H2,(H,16,18). The summed E-state index contributed by atoms with van der Waals surface area (Å²) in [5, 5.41) is 21.1.